The Hall–Kier alpha value is -3.72. The third-order valence-corrected chi connectivity index (χ3v) is 8.43. The topological polar surface area (TPSA) is 138 Å². The predicted octanol–water partition coefficient (Wildman–Crippen LogP) is 4.45. The summed E-state index contributed by atoms with van der Waals surface area (Å²) in [6.45, 7) is 0.596. The normalized spacial score (nSPS) is 17.4. The molecule has 1 unspecified atom stereocenters. The van der Waals surface area contributed by atoms with E-state index in [1.54, 1.807) is 29.2 Å². The Bertz CT molecular complexity index is 1570. The van der Waals surface area contributed by atoms with Crippen LogP contribution in [0.2, 0.25) is 10.0 Å². The van der Waals surface area contributed by atoms with Crippen molar-refractivity contribution < 1.29 is 19.5 Å². The first-order valence-electron chi connectivity index (χ1n) is 12.0. The number of nitriles is 1. The minimum atomic E-state index is -1.28. The van der Waals surface area contributed by atoms with E-state index in [0.717, 1.165) is 33.2 Å². The summed E-state index contributed by atoms with van der Waals surface area (Å²) in [5.41, 5.74) is 0.920. The Kier molecular flexibility index (Phi) is 7.70. The zero-order valence-electron chi connectivity index (χ0n) is 20.3. The summed E-state index contributed by atoms with van der Waals surface area (Å²) in [4.78, 5) is 48.7. The smallest absolute Gasteiger partial charge is 0.337 e. The summed E-state index contributed by atoms with van der Waals surface area (Å²) in [5, 5.41) is 26.6. The molecule has 0 bridgehead atoms. The van der Waals surface area contributed by atoms with E-state index in [1.807, 2.05) is 5.38 Å². The Morgan fingerprint density at radius 3 is 2.62 bits per heavy atom. The van der Waals surface area contributed by atoms with Gasteiger partial charge in [-0.2, -0.15) is 5.26 Å². The number of hydrogen-bond donors (Lipinski definition) is 1. The fraction of sp³-hybridized carbons (Fsp3) is 0.308. The molecule has 2 aliphatic rings. The molecule has 5 rings (SSSR count). The Morgan fingerprint density at radius 2 is 1.95 bits per heavy atom. The van der Waals surface area contributed by atoms with Gasteiger partial charge in [0.25, 0.3) is 5.56 Å². The highest BCUT2D eigenvalue weighted by atomic mass is 35.5. The highest BCUT2D eigenvalue weighted by Crippen LogP contribution is 2.39. The summed E-state index contributed by atoms with van der Waals surface area (Å²) in [6.07, 6.45) is 2.58. The minimum Gasteiger partial charge on any atom is -0.478 e. The Morgan fingerprint density at radius 1 is 1.23 bits per heavy atom. The van der Waals surface area contributed by atoms with Gasteiger partial charge in [0.15, 0.2) is 6.10 Å². The SMILES string of the molecule is N#Cc1cc(C(=O)O)cn(CC(=O)N2CCC(c3nc(C4=NOC(c5c(Cl)cccc5Cl)C4)cs3)CC2)c1=O. The zero-order chi connectivity index (χ0) is 27.7. The number of likely N-dealkylation sites (tertiary alicyclic amines) is 1. The van der Waals surface area contributed by atoms with Crippen LogP contribution in [0.15, 0.2) is 45.8 Å². The number of carboxylic acids is 1. The molecule has 39 heavy (non-hydrogen) atoms. The molecule has 0 saturated carbocycles. The zero-order valence-corrected chi connectivity index (χ0v) is 22.7. The molecule has 2 aromatic heterocycles. The second-order valence-electron chi connectivity index (χ2n) is 9.19. The van der Waals surface area contributed by atoms with Crippen molar-refractivity contribution in [3.63, 3.8) is 0 Å². The second kappa shape index (κ2) is 11.2. The van der Waals surface area contributed by atoms with Crippen molar-refractivity contribution in [2.45, 2.75) is 37.8 Å². The van der Waals surface area contributed by atoms with Crippen LogP contribution < -0.4 is 5.56 Å². The van der Waals surface area contributed by atoms with Gasteiger partial charge in [-0.15, -0.1) is 11.3 Å². The van der Waals surface area contributed by atoms with Crippen molar-refractivity contribution in [2.75, 3.05) is 13.1 Å². The largest absolute Gasteiger partial charge is 0.478 e. The fourth-order valence-electron chi connectivity index (χ4n) is 4.68. The fourth-order valence-corrected chi connectivity index (χ4v) is 6.32. The molecule has 200 valence electrons. The molecular weight excluding hydrogens is 565 g/mol. The number of rotatable bonds is 6. The molecule has 2 aliphatic heterocycles. The monoisotopic (exact) mass is 585 g/mol. The van der Waals surface area contributed by atoms with E-state index >= 15 is 0 Å². The van der Waals surface area contributed by atoms with Crippen LogP contribution in [0.1, 0.15) is 63.5 Å². The van der Waals surface area contributed by atoms with Gasteiger partial charge in [-0.05, 0) is 31.0 Å². The van der Waals surface area contributed by atoms with Crippen LogP contribution in [0.25, 0.3) is 0 Å². The number of amides is 1. The summed E-state index contributed by atoms with van der Waals surface area (Å²) < 4.78 is 0.983. The lowest BCUT2D eigenvalue weighted by atomic mass is 9.97. The van der Waals surface area contributed by atoms with Crippen LogP contribution in [-0.4, -0.2) is 50.2 Å². The van der Waals surface area contributed by atoms with E-state index in [1.165, 1.54) is 11.3 Å². The molecule has 0 radical (unpaired) electrons. The highest BCUT2D eigenvalue weighted by molar-refractivity contribution is 7.10. The molecule has 1 fully saturated rings. The number of thiazole rings is 1. The molecule has 0 aliphatic carbocycles. The van der Waals surface area contributed by atoms with Gasteiger partial charge in [-0.3, -0.25) is 9.59 Å². The second-order valence-corrected chi connectivity index (χ2v) is 10.9. The van der Waals surface area contributed by atoms with E-state index in [9.17, 15) is 19.5 Å². The van der Waals surface area contributed by atoms with E-state index < -0.39 is 11.5 Å². The van der Waals surface area contributed by atoms with E-state index in [0.29, 0.717) is 48.0 Å². The van der Waals surface area contributed by atoms with Crippen molar-refractivity contribution in [1.82, 2.24) is 14.5 Å². The van der Waals surface area contributed by atoms with Crippen LogP contribution in [0.5, 0.6) is 0 Å². The number of carbonyl (C=O) groups is 2. The summed E-state index contributed by atoms with van der Waals surface area (Å²) >= 11 is 14.2. The maximum atomic E-state index is 12.9. The van der Waals surface area contributed by atoms with Crippen LogP contribution >= 0.6 is 34.5 Å². The third-order valence-electron chi connectivity index (χ3n) is 6.76. The Balaban J connectivity index is 1.20. The molecule has 1 saturated heterocycles. The number of carboxylic acid groups (broad SMARTS) is 1. The number of piperidine rings is 1. The molecular formula is C26H21Cl2N5O5S. The van der Waals surface area contributed by atoms with Crippen LogP contribution in [0.3, 0.4) is 0 Å². The minimum absolute atomic E-state index is 0.160. The highest BCUT2D eigenvalue weighted by Gasteiger charge is 2.31. The summed E-state index contributed by atoms with van der Waals surface area (Å²) in [6, 6.07) is 8.00. The molecule has 13 heteroatoms. The Labute approximate surface area is 236 Å². The maximum absolute atomic E-state index is 12.9. The molecule has 1 aromatic carbocycles. The molecule has 10 nitrogen and oxygen atoms in total. The number of pyridine rings is 1. The molecule has 4 heterocycles. The first-order valence-corrected chi connectivity index (χ1v) is 13.7. The van der Waals surface area contributed by atoms with Gasteiger partial charge in [0.2, 0.25) is 5.91 Å². The number of aromatic nitrogens is 2. The van der Waals surface area contributed by atoms with Gasteiger partial charge < -0.3 is 19.4 Å². The average Bonchev–Trinajstić information content (AvgIpc) is 3.60. The molecule has 0 spiro atoms. The van der Waals surface area contributed by atoms with Gasteiger partial charge in [-0.25, -0.2) is 9.78 Å². The lowest BCUT2D eigenvalue weighted by molar-refractivity contribution is -0.132. The summed E-state index contributed by atoms with van der Waals surface area (Å²) in [5.74, 6) is -1.44. The predicted molar refractivity (Wildman–Crippen MR) is 144 cm³/mol. The number of benzene rings is 1. The number of halogens is 2. The first-order chi connectivity index (χ1) is 18.7. The lowest BCUT2D eigenvalue weighted by Crippen LogP contribution is -2.41. The van der Waals surface area contributed by atoms with Crippen molar-refractivity contribution >= 4 is 52.1 Å². The maximum Gasteiger partial charge on any atom is 0.337 e. The quantitative estimate of drug-likeness (QED) is 0.450. The van der Waals surface area contributed by atoms with Crippen LogP contribution in [0, 0.1) is 11.3 Å². The van der Waals surface area contributed by atoms with Crippen molar-refractivity contribution in [1.29, 1.82) is 5.26 Å². The van der Waals surface area contributed by atoms with Gasteiger partial charge in [0, 0.05) is 52.6 Å². The van der Waals surface area contributed by atoms with Crippen molar-refractivity contribution in [3.05, 3.63) is 83.6 Å². The van der Waals surface area contributed by atoms with Crippen LogP contribution in [0.4, 0.5) is 0 Å². The number of oxime groups is 1. The van der Waals surface area contributed by atoms with E-state index in [2.05, 4.69) is 5.16 Å². The number of nitrogens with zero attached hydrogens (tertiary/aromatic N) is 5. The molecule has 1 amide bonds. The van der Waals surface area contributed by atoms with Gasteiger partial charge in [0.05, 0.1) is 16.3 Å². The standard InChI is InChI=1S/C26H21Cl2N5O5S/c27-17-2-1-3-18(28)23(17)21-9-19(31-38-21)20-13-39-24(30-20)14-4-6-32(7-5-14)22(34)12-33-11-16(26(36)37)8-15(10-29)25(33)35/h1-3,8,11,13-14,21H,4-7,9,12H2,(H,36,37). The van der Waals surface area contributed by atoms with Crippen molar-refractivity contribution in [2.24, 2.45) is 5.16 Å². The van der Waals surface area contributed by atoms with Gasteiger partial charge in [0.1, 0.15) is 23.9 Å². The average molecular weight is 586 g/mol. The molecule has 1 N–H and O–H groups in total. The number of carbonyl (C=O) groups excluding carboxylic acids is 1. The number of aromatic carboxylic acids is 1. The van der Waals surface area contributed by atoms with E-state index in [-0.39, 0.29) is 35.6 Å². The third kappa shape index (κ3) is 5.54. The van der Waals surface area contributed by atoms with Gasteiger partial charge in [-0.1, -0.05) is 34.4 Å². The first kappa shape index (κ1) is 26.9. The number of hydrogen-bond acceptors (Lipinski definition) is 8. The van der Waals surface area contributed by atoms with E-state index in [4.69, 9.17) is 38.3 Å². The molecule has 1 atom stereocenters. The van der Waals surface area contributed by atoms with Crippen molar-refractivity contribution in [3.8, 4) is 6.07 Å². The molecule has 3 aromatic rings. The van der Waals surface area contributed by atoms with Crippen LogP contribution in [-0.2, 0) is 16.2 Å². The summed E-state index contributed by atoms with van der Waals surface area (Å²) in [7, 11) is 0. The lowest BCUT2D eigenvalue weighted by Gasteiger charge is -2.31. The van der Waals surface area contributed by atoms with Gasteiger partial charge >= 0.3 is 5.97 Å².